The first-order valence-electron chi connectivity index (χ1n) is 7.42. The third-order valence-electron chi connectivity index (χ3n) is 4.17. The van der Waals surface area contributed by atoms with Crippen LogP contribution in [0.1, 0.15) is 23.0 Å². The number of benzene rings is 2. The van der Waals surface area contributed by atoms with Crippen molar-refractivity contribution in [2.75, 3.05) is 7.11 Å². The number of methoxy groups -OCH3 is 1. The molecule has 0 fully saturated rings. The van der Waals surface area contributed by atoms with Crippen LogP contribution in [0.4, 0.5) is 0 Å². The van der Waals surface area contributed by atoms with Crippen molar-refractivity contribution >= 4 is 16.9 Å². The first kappa shape index (κ1) is 14.4. The van der Waals surface area contributed by atoms with E-state index in [0.717, 1.165) is 22.9 Å². The molecule has 0 aliphatic rings. The predicted molar refractivity (Wildman–Crippen MR) is 89.1 cm³/mol. The van der Waals surface area contributed by atoms with Crippen LogP contribution in [-0.4, -0.2) is 17.6 Å². The molecule has 0 saturated heterocycles. The summed E-state index contributed by atoms with van der Waals surface area (Å²) in [4.78, 5) is 11.9. The van der Waals surface area contributed by atoms with Gasteiger partial charge in [0.2, 0.25) is 0 Å². The lowest BCUT2D eigenvalue weighted by Crippen LogP contribution is -2.06. The maximum Gasteiger partial charge on any atom is 0.354 e. The largest absolute Gasteiger partial charge is 0.464 e. The predicted octanol–water partition coefficient (Wildman–Crippen LogP) is 4.19. The lowest BCUT2D eigenvalue weighted by Gasteiger charge is -2.09. The van der Waals surface area contributed by atoms with Gasteiger partial charge in [0.05, 0.1) is 7.11 Å². The zero-order valence-corrected chi connectivity index (χ0v) is 13.1. The highest BCUT2D eigenvalue weighted by Gasteiger charge is 2.16. The average Bonchev–Trinajstić information content (AvgIpc) is 2.91. The summed E-state index contributed by atoms with van der Waals surface area (Å²) in [6.07, 6.45) is 0.975. The Morgan fingerprint density at radius 1 is 1.09 bits per heavy atom. The molecule has 112 valence electrons. The topological polar surface area (TPSA) is 31.2 Å². The van der Waals surface area contributed by atoms with Crippen LogP contribution < -0.4 is 0 Å². The molecule has 2 aromatic carbocycles. The number of hydrogen-bond donors (Lipinski definition) is 0. The fraction of sp³-hybridized carbons (Fsp3) is 0.211. The van der Waals surface area contributed by atoms with E-state index in [1.165, 1.54) is 18.2 Å². The smallest absolute Gasteiger partial charge is 0.354 e. The zero-order valence-electron chi connectivity index (χ0n) is 13.1. The number of carbonyl (C=O) groups is 1. The van der Waals surface area contributed by atoms with Crippen LogP contribution in [0.3, 0.4) is 0 Å². The Morgan fingerprint density at radius 3 is 2.55 bits per heavy atom. The summed E-state index contributed by atoms with van der Waals surface area (Å²) in [7, 11) is 3.30. The Labute approximate surface area is 130 Å². The highest BCUT2D eigenvalue weighted by molar-refractivity contribution is 6.02. The molecule has 3 aromatic rings. The summed E-state index contributed by atoms with van der Waals surface area (Å²) in [6, 6.07) is 16.5. The Bertz CT molecular complexity index is 846. The highest BCUT2D eigenvalue weighted by atomic mass is 16.5. The van der Waals surface area contributed by atoms with Gasteiger partial charge in [0.15, 0.2) is 0 Å². The molecule has 0 bridgehead atoms. The van der Waals surface area contributed by atoms with E-state index in [9.17, 15) is 4.79 Å². The van der Waals surface area contributed by atoms with Gasteiger partial charge < -0.3 is 9.30 Å². The van der Waals surface area contributed by atoms with Gasteiger partial charge in [-0.15, -0.1) is 0 Å². The lowest BCUT2D eigenvalue weighted by atomic mass is 9.95. The molecule has 0 amide bonds. The molecule has 0 saturated carbocycles. The fourth-order valence-electron chi connectivity index (χ4n) is 2.99. The van der Waals surface area contributed by atoms with Gasteiger partial charge in [0, 0.05) is 18.0 Å². The molecular formula is C19H19NO2. The van der Waals surface area contributed by atoms with Gasteiger partial charge in [0.1, 0.15) is 5.69 Å². The van der Waals surface area contributed by atoms with Crippen molar-refractivity contribution in [3.05, 3.63) is 59.8 Å². The molecule has 22 heavy (non-hydrogen) atoms. The third kappa shape index (κ3) is 2.19. The minimum absolute atomic E-state index is 0.312. The van der Waals surface area contributed by atoms with E-state index >= 15 is 0 Å². The van der Waals surface area contributed by atoms with E-state index in [2.05, 4.69) is 37.3 Å². The second kappa shape index (κ2) is 5.68. The number of esters is 1. The van der Waals surface area contributed by atoms with Crippen LogP contribution in [0.5, 0.6) is 0 Å². The van der Waals surface area contributed by atoms with Gasteiger partial charge in [-0.1, -0.05) is 43.3 Å². The molecule has 3 nitrogen and oxygen atoms in total. The van der Waals surface area contributed by atoms with E-state index in [1.54, 1.807) is 0 Å². The Kier molecular flexibility index (Phi) is 3.72. The molecule has 1 aromatic heterocycles. The van der Waals surface area contributed by atoms with E-state index in [1.807, 2.05) is 29.8 Å². The Hall–Kier alpha value is -2.55. The van der Waals surface area contributed by atoms with Gasteiger partial charge in [-0.3, -0.25) is 0 Å². The molecule has 0 spiro atoms. The van der Waals surface area contributed by atoms with E-state index < -0.39 is 0 Å². The summed E-state index contributed by atoms with van der Waals surface area (Å²) in [5, 5.41) is 1.08. The zero-order chi connectivity index (χ0) is 15.7. The molecule has 3 heteroatoms. The van der Waals surface area contributed by atoms with Gasteiger partial charge in [-0.25, -0.2) is 4.79 Å². The van der Waals surface area contributed by atoms with Crippen molar-refractivity contribution in [1.82, 2.24) is 4.57 Å². The summed E-state index contributed by atoms with van der Waals surface area (Å²) < 4.78 is 6.77. The molecule has 0 atom stereocenters. The Morgan fingerprint density at radius 2 is 1.82 bits per heavy atom. The quantitative estimate of drug-likeness (QED) is 0.678. The molecule has 0 radical (unpaired) electrons. The van der Waals surface area contributed by atoms with Crippen LogP contribution in [0.2, 0.25) is 0 Å². The molecule has 0 aliphatic heterocycles. The molecule has 0 unspecified atom stereocenters. The van der Waals surface area contributed by atoms with Crippen molar-refractivity contribution < 1.29 is 9.53 Å². The lowest BCUT2D eigenvalue weighted by molar-refractivity contribution is 0.0590. The molecule has 0 N–H and O–H groups in total. The summed E-state index contributed by atoms with van der Waals surface area (Å²) in [6.45, 7) is 2.16. The Balaban J connectivity index is 2.30. The van der Waals surface area contributed by atoms with Crippen LogP contribution in [0.15, 0.2) is 48.5 Å². The van der Waals surface area contributed by atoms with E-state index in [-0.39, 0.29) is 5.97 Å². The van der Waals surface area contributed by atoms with Crippen LogP contribution in [0.25, 0.3) is 22.0 Å². The van der Waals surface area contributed by atoms with Crippen molar-refractivity contribution in [2.24, 2.45) is 7.05 Å². The number of hydrogen-bond acceptors (Lipinski definition) is 2. The van der Waals surface area contributed by atoms with Crippen molar-refractivity contribution in [3.8, 4) is 11.1 Å². The minimum Gasteiger partial charge on any atom is -0.464 e. The van der Waals surface area contributed by atoms with E-state index in [4.69, 9.17) is 4.74 Å². The fourth-order valence-corrected chi connectivity index (χ4v) is 2.99. The maximum atomic E-state index is 11.9. The summed E-state index contributed by atoms with van der Waals surface area (Å²) in [5.41, 5.74) is 5.28. The number of rotatable bonds is 3. The van der Waals surface area contributed by atoms with Gasteiger partial charge in [-0.2, -0.15) is 0 Å². The van der Waals surface area contributed by atoms with Gasteiger partial charge in [-0.05, 0) is 35.2 Å². The SMILES string of the molecule is CCc1ccccc1-c1cccc2c1cc(C(=O)OC)n2C. The summed E-state index contributed by atoms with van der Waals surface area (Å²) in [5.74, 6) is -0.312. The van der Waals surface area contributed by atoms with Gasteiger partial charge in [0.25, 0.3) is 0 Å². The first-order chi connectivity index (χ1) is 10.7. The van der Waals surface area contributed by atoms with Crippen molar-refractivity contribution in [1.29, 1.82) is 0 Å². The second-order valence-electron chi connectivity index (χ2n) is 5.33. The number of nitrogens with zero attached hydrogens (tertiary/aromatic N) is 1. The number of ether oxygens (including phenoxy) is 1. The average molecular weight is 293 g/mol. The van der Waals surface area contributed by atoms with E-state index in [0.29, 0.717) is 5.69 Å². The van der Waals surface area contributed by atoms with Crippen LogP contribution >= 0.6 is 0 Å². The number of aryl methyl sites for hydroxylation is 2. The first-order valence-corrected chi connectivity index (χ1v) is 7.42. The monoisotopic (exact) mass is 293 g/mol. The minimum atomic E-state index is -0.312. The third-order valence-corrected chi connectivity index (χ3v) is 4.17. The van der Waals surface area contributed by atoms with Gasteiger partial charge >= 0.3 is 5.97 Å². The summed E-state index contributed by atoms with van der Waals surface area (Å²) >= 11 is 0. The van der Waals surface area contributed by atoms with Crippen molar-refractivity contribution in [2.45, 2.75) is 13.3 Å². The number of fused-ring (bicyclic) bond motifs is 1. The van der Waals surface area contributed by atoms with Crippen molar-refractivity contribution in [3.63, 3.8) is 0 Å². The number of carbonyl (C=O) groups excluding carboxylic acids is 1. The van der Waals surface area contributed by atoms with Crippen LogP contribution in [0, 0.1) is 0 Å². The molecule has 0 aliphatic carbocycles. The molecule has 1 heterocycles. The normalized spacial score (nSPS) is 10.9. The molecule has 3 rings (SSSR count). The maximum absolute atomic E-state index is 11.9. The number of aromatic nitrogens is 1. The molecular weight excluding hydrogens is 274 g/mol. The second-order valence-corrected chi connectivity index (χ2v) is 5.33. The standard InChI is InChI=1S/C19H19NO2/c1-4-13-8-5-6-9-14(13)15-10-7-11-17-16(15)12-18(20(17)2)19(21)22-3/h5-12H,4H2,1-3H3. The van der Waals surface area contributed by atoms with Crippen LogP contribution in [-0.2, 0) is 18.2 Å². The highest BCUT2D eigenvalue weighted by Crippen LogP contribution is 2.33.